The van der Waals surface area contributed by atoms with Crippen molar-refractivity contribution in [3.8, 4) is 0 Å². The van der Waals surface area contributed by atoms with Gasteiger partial charge in [-0.05, 0) is 43.9 Å². The van der Waals surface area contributed by atoms with Gasteiger partial charge in [-0.25, -0.2) is 0 Å². The van der Waals surface area contributed by atoms with Crippen LogP contribution < -0.4 is 5.73 Å². The average molecular weight is 268 g/mol. The van der Waals surface area contributed by atoms with Gasteiger partial charge in [0.15, 0.2) is 0 Å². The number of carbonyl (C=O) groups excluding carboxylic acids is 1. The highest BCUT2D eigenvalue weighted by molar-refractivity contribution is 5.80. The Balaban J connectivity index is 1.97. The van der Waals surface area contributed by atoms with Crippen molar-refractivity contribution in [2.75, 3.05) is 19.7 Å². The Morgan fingerprint density at radius 1 is 1.32 bits per heavy atom. The van der Waals surface area contributed by atoms with Crippen molar-refractivity contribution in [2.24, 2.45) is 23.5 Å². The Bertz CT molecular complexity index is 297. The topological polar surface area (TPSA) is 66.6 Å². The normalized spacial score (nSPS) is 36.3. The van der Waals surface area contributed by atoms with Gasteiger partial charge in [0.25, 0.3) is 0 Å². The number of piperidine rings is 1. The minimum absolute atomic E-state index is 0.0154. The molecule has 0 spiro atoms. The van der Waals surface area contributed by atoms with Crippen LogP contribution >= 0.6 is 0 Å². The summed E-state index contributed by atoms with van der Waals surface area (Å²) in [5.41, 5.74) is 6.18. The van der Waals surface area contributed by atoms with E-state index >= 15 is 0 Å². The number of hydrogen-bond acceptors (Lipinski definition) is 3. The predicted octanol–water partition coefficient (Wildman–Crippen LogP) is 1.37. The third-order valence-electron chi connectivity index (χ3n) is 4.92. The van der Waals surface area contributed by atoms with Gasteiger partial charge in [0.2, 0.25) is 5.91 Å². The predicted molar refractivity (Wildman–Crippen MR) is 75.5 cm³/mol. The van der Waals surface area contributed by atoms with E-state index in [0.29, 0.717) is 11.8 Å². The Labute approximate surface area is 116 Å². The number of nitrogens with zero attached hydrogens (tertiary/aromatic N) is 1. The summed E-state index contributed by atoms with van der Waals surface area (Å²) in [4.78, 5) is 14.7. The summed E-state index contributed by atoms with van der Waals surface area (Å²) >= 11 is 0. The fourth-order valence-electron chi connectivity index (χ4n) is 3.78. The third kappa shape index (κ3) is 3.48. The van der Waals surface area contributed by atoms with Gasteiger partial charge >= 0.3 is 0 Å². The summed E-state index contributed by atoms with van der Waals surface area (Å²) in [6, 6.07) is 0.0365. The minimum Gasteiger partial charge on any atom is -0.396 e. The van der Waals surface area contributed by atoms with E-state index < -0.39 is 0 Å². The molecule has 1 amide bonds. The van der Waals surface area contributed by atoms with Crippen molar-refractivity contribution in [1.29, 1.82) is 0 Å². The quantitative estimate of drug-likeness (QED) is 0.812. The molecule has 0 aromatic rings. The molecule has 1 heterocycles. The number of rotatable bonds is 3. The maximum atomic E-state index is 12.7. The molecule has 4 atom stereocenters. The van der Waals surface area contributed by atoms with Gasteiger partial charge in [-0.2, -0.15) is 0 Å². The van der Waals surface area contributed by atoms with Gasteiger partial charge in [0.05, 0.1) is 5.92 Å². The molecule has 3 N–H and O–H groups in total. The molecule has 1 aliphatic heterocycles. The second-order valence-corrected chi connectivity index (χ2v) is 6.40. The lowest BCUT2D eigenvalue weighted by Crippen LogP contribution is -2.51. The molecule has 4 unspecified atom stereocenters. The minimum atomic E-state index is 0.0154. The molecular formula is C15H28N2O2. The largest absolute Gasteiger partial charge is 0.396 e. The van der Waals surface area contributed by atoms with Crippen LogP contribution in [0, 0.1) is 17.8 Å². The van der Waals surface area contributed by atoms with Crippen molar-refractivity contribution >= 4 is 5.91 Å². The zero-order valence-electron chi connectivity index (χ0n) is 12.1. The van der Waals surface area contributed by atoms with Crippen LogP contribution in [0.15, 0.2) is 0 Å². The molecule has 0 radical (unpaired) electrons. The number of aliphatic hydroxyl groups excluding tert-OH is 1. The smallest absolute Gasteiger partial charge is 0.227 e. The van der Waals surface area contributed by atoms with E-state index in [2.05, 4.69) is 6.92 Å². The number of carbonyl (C=O) groups is 1. The summed E-state index contributed by atoms with van der Waals surface area (Å²) in [5, 5.41) is 9.05. The molecule has 2 fully saturated rings. The highest BCUT2D eigenvalue weighted by atomic mass is 16.3. The van der Waals surface area contributed by atoms with Gasteiger partial charge in [-0.15, -0.1) is 0 Å². The summed E-state index contributed by atoms with van der Waals surface area (Å²) in [7, 11) is 0. The van der Waals surface area contributed by atoms with Gasteiger partial charge in [-0.3, -0.25) is 4.79 Å². The molecule has 0 aromatic heterocycles. The van der Waals surface area contributed by atoms with Crippen LogP contribution in [0.4, 0.5) is 0 Å². The lowest BCUT2D eigenvalue weighted by Gasteiger charge is -2.40. The van der Waals surface area contributed by atoms with Crippen LogP contribution in [0.3, 0.4) is 0 Å². The SMILES string of the molecule is CC1CCCC(N)C1C(=O)N1CCCC(CCO)C1. The number of nitrogens with two attached hydrogens (primary N) is 1. The summed E-state index contributed by atoms with van der Waals surface area (Å²) in [5.74, 6) is 1.16. The van der Waals surface area contributed by atoms with Crippen LogP contribution in [0.2, 0.25) is 0 Å². The molecule has 1 aliphatic carbocycles. The van der Waals surface area contributed by atoms with Crippen molar-refractivity contribution < 1.29 is 9.90 Å². The standard InChI is InChI=1S/C15H28N2O2/c1-11-4-2-6-13(16)14(11)15(19)17-8-3-5-12(10-17)7-9-18/h11-14,18H,2-10,16H2,1H3. The number of aliphatic hydroxyl groups is 1. The highest BCUT2D eigenvalue weighted by Crippen LogP contribution is 2.32. The van der Waals surface area contributed by atoms with Crippen LogP contribution in [-0.4, -0.2) is 41.7 Å². The summed E-state index contributed by atoms with van der Waals surface area (Å²) in [6.07, 6.45) is 6.27. The number of hydrogen-bond donors (Lipinski definition) is 2. The fraction of sp³-hybridized carbons (Fsp3) is 0.933. The Morgan fingerprint density at radius 2 is 2.11 bits per heavy atom. The molecule has 2 rings (SSSR count). The molecule has 4 nitrogen and oxygen atoms in total. The van der Waals surface area contributed by atoms with Crippen molar-refractivity contribution in [3.63, 3.8) is 0 Å². The molecule has 110 valence electrons. The van der Waals surface area contributed by atoms with E-state index in [4.69, 9.17) is 10.8 Å². The Kier molecular flexibility index (Phi) is 5.22. The molecular weight excluding hydrogens is 240 g/mol. The zero-order valence-corrected chi connectivity index (χ0v) is 12.1. The molecule has 4 heteroatoms. The van der Waals surface area contributed by atoms with Gasteiger partial charge in [0, 0.05) is 25.7 Å². The first-order chi connectivity index (χ1) is 9.13. The van der Waals surface area contributed by atoms with Gasteiger partial charge in [0.1, 0.15) is 0 Å². The first kappa shape index (κ1) is 14.8. The van der Waals surface area contributed by atoms with Crippen LogP contribution in [-0.2, 0) is 4.79 Å². The van der Waals surface area contributed by atoms with E-state index in [1.165, 1.54) is 0 Å². The fourth-order valence-corrected chi connectivity index (χ4v) is 3.78. The second kappa shape index (κ2) is 6.71. The summed E-state index contributed by atoms with van der Waals surface area (Å²) < 4.78 is 0. The van der Waals surface area contributed by atoms with Crippen molar-refractivity contribution in [1.82, 2.24) is 4.90 Å². The summed E-state index contributed by atoms with van der Waals surface area (Å²) in [6.45, 7) is 4.08. The number of amides is 1. The molecule has 0 aromatic carbocycles. The lowest BCUT2D eigenvalue weighted by molar-refractivity contribution is -0.141. The van der Waals surface area contributed by atoms with E-state index in [0.717, 1.165) is 51.6 Å². The second-order valence-electron chi connectivity index (χ2n) is 6.40. The van der Waals surface area contributed by atoms with E-state index in [9.17, 15) is 4.79 Å². The van der Waals surface area contributed by atoms with Crippen molar-refractivity contribution in [3.05, 3.63) is 0 Å². The maximum absolute atomic E-state index is 12.7. The van der Waals surface area contributed by atoms with Crippen molar-refractivity contribution in [2.45, 2.75) is 51.5 Å². The van der Waals surface area contributed by atoms with Gasteiger partial charge < -0.3 is 15.7 Å². The van der Waals surface area contributed by atoms with E-state index in [1.54, 1.807) is 0 Å². The Morgan fingerprint density at radius 3 is 2.79 bits per heavy atom. The molecule has 0 bridgehead atoms. The number of likely N-dealkylation sites (tertiary alicyclic amines) is 1. The van der Waals surface area contributed by atoms with Crippen LogP contribution in [0.1, 0.15) is 45.4 Å². The molecule has 19 heavy (non-hydrogen) atoms. The third-order valence-corrected chi connectivity index (χ3v) is 4.92. The van der Waals surface area contributed by atoms with Crippen LogP contribution in [0.25, 0.3) is 0 Å². The first-order valence-electron chi connectivity index (χ1n) is 7.78. The average Bonchev–Trinajstić information content (AvgIpc) is 2.39. The maximum Gasteiger partial charge on any atom is 0.227 e. The molecule has 2 aliphatic rings. The van der Waals surface area contributed by atoms with Crippen LogP contribution in [0.5, 0.6) is 0 Å². The highest BCUT2D eigenvalue weighted by Gasteiger charge is 2.37. The lowest BCUT2D eigenvalue weighted by atomic mass is 9.76. The Hall–Kier alpha value is -0.610. The van der Waals surface area contributed by atoms with E-state index in [1.807, 2.05) is 4.90 Å². The molecule has 1 saturated heterocycles. The molecule has 1 saturated carbocycles. The monoisotopic (exact) mass is 268 g/mol. The van der Waals surface area contributed by atoms with Gasteiger partial charge in [-0.1, -0.05) is 13.3 Å². The first-order valence-corrected chi connectivity index (χ1v) is 7.78. The van der Waals surface area contributed by atoms with E-state index in [-0.39, 0.29) is 24.5 Å². The zero-order chi connectivity index (χ0) is 13.8.